The largest absolute Gasteiger partial charge is 0.371 e. The van der Waals surface area contributed by atoms with Crippen molar-refractivity contribution in [2.45, 2.75) is 12.5 Å². The number of nitriles is 1. The van der Waals surface area contributed by atoms with E-state index in [0.717, 1.165) is 12.1 Å². The lowest BCUT2D eigenvalue weighted by atomic mass is 10.1. The fourth-order valence-corrected chi connectivity index (χ4v) is 3.17. The maximum atomic E-state index is 13.1. The molecule has 2 aromatic rings. The van der Waals surface area contributed by atoms with E-state index in [0.29, 0.717) is 42.4 Å². The lowest BCUT2D eigenvalue weighted by Crippen LogP contribution is -2.39. The minimum absolute atomic E-state index is 0.124. The first kappa shape index (κ1) is 19.3. The molecule has 0 spiro atoms. The molecule has 1 N–H and O–H groups in total. The van der Waals surface area contributed by atoms with Crippen LogP contribution in [-0.2, 0) is 9.53 Å². The van der Waals surface area contributed by atoms with Gasteiger partial charge in [-0.25, -0.2) is 4.39 Å². The highest BCUT2D eigenvalue weighted by Crippen LogP contribution is 2.23. The zero-order chi connectivity index (χ0) is 19.2. The Morgan fingerprint density at radius 3 is 2.81 bits per heavy atom. The summed E-state index contributed by atoms with van der Waals surface area (Å²) < 4.78 is 18.8. The van der Waals surface area contributed by atoms with Gasteiger partial charge in [0.15, 0.2) is 0 Å². The number of carbonyl (C=O) groups excluding carboxylic acids is 1. The molecule has 1 fully saturated rings. The van der Waals surface area contributed by atoms with E-state index in [2.05, 4.69) is 10.2 Å². The fraction of sp³-hybridized carbons (Fsp3) is 0.300. The van der Waals surface area contributed by atoms with Crippen molar-refractivity contribution in [3.63, 3.8) is 0 Å². The standard InChI is InChI=1S/C20H19ClFN3O2/c21-18-11-17(6-3-15(18)12-23)24-20(26)7-8-25-9-10-27-19(13-25)14-1-4-16(22)5-2-14/h1-6,11,19H,7-10,13H2,(H,24,26). The van der Waals surface area contributed by atoms with Gasteiger partial charge in [0.25, 0.3) is 0 Å². The van der Waals surface area contributed by atoms with Gasteiger partial charge in [0, 0.05) is 31.7 Å². The van der Waals surface area contributed by atoms with Crippen molar-refractivity contribution in [3.8, 4) is 6.07 Å². The summed E-state index contributed by atoms with van der Waals surface area (Å²) in [4.78, 5) is 14.3. The minimum atomic E-state index is -0.272. The number of anilines is 1. The third-order valence-corrected chi connectivity index (χ3v) is 4.73. The summed E-state index contributed by atoms with van der Waals surface area (Å²) in [5.74, 6) is -0.397. The van der Waals surface area contributed by atoms with Crippen molar-refractivity contribution in [1.29, 1.82) is 5.26 Å². The number of morpholine rings is 1. The van der Waals surface area contributed by atoms with Gasteiger partial charge in [-0.2, -0.15) is 5.26 Å². The molecule has 0 radical (unpaired) electrons. The normalized spacial score (nSPS) is 17.3. The van der Waals surface area contributed by atoms with E-state index in [9.17, 15) is 9.18 Å². The molecule has 1 aliphatic rings. The number of nitrogens with zero attached hydrogens (tertiary/aromatic N) is 2. The van der Waals surface area contributed by atoms with Gasteiger partial charge in [0.2, 0.25) is 5.91 Å². The Balaban J connectivity index is 1.50. The van der Waals surface area contributed by atoms with Crippen LogP contribution in [0.1, 0.15) is 23.7 Å². The van der Waals surface area contributed by atoms with E-state index in [1.807, 2.05) is 6.07 Å². The van der Waals surface area contributed by atoms with Crippen molar-refractivity contribution >= 4 is 23.2 Å². The molecule has 0 saturated carbocycles. The average Bonchev–Trinajstić information content (AvgIpc) is 2.67. The first-order chi connectivity index (χ1) is 13.0. The number of benzene rings is 2. The van der Waals surface area contributed by atoms with E-state index < -0.39 is 0 Å². The van der Waals surface area contributed by atoms with Gasteiger partial charge in [-0.15, -0.1) is 0 Å². The van der Waals surface area contributed by atoms with E-state index in [1.54, 1.807) is 30.3 Å². The smallest absolute Gasteiger partial charge is 0.225 e. The summed E-state index contributed by atoms with van der Waals surface area (Å²) in [6, 6.07) is 13.1. The van der Waals surface area contributed by atoms with Gasteiger partial charge in [-0.1, -0.05) is 23.7 Å². The van der Waals surface area contributed by atoms with Gasteiger partial charge >= 0.3 is 0 Å². The highest BCUT2D eigenvalue weighted by molar-refractivity contribution is 6.32. The summed E-state index contributed by atoms with van der Waals surface area (Å²) in [6.07, 6.45) is 0.202. The maximum Gasteiger partial charge on any atom is 0.225 e. The highest BCUT2D eigenvalue weighted by atomic mass is 35.5. The second-order valence-corrected chi connectivity index (χ2v) is 6.72. The molecular formula is C20H19ClFN3O2. The molecule has 1 unspecified atom stereocenters. The predicted molar refractivity (Wildman–Crippen MR) is 101 cm³/mol. The quantitative estimate of drug-likeness (QED) is 0.848. The van der Waals surface area contributed by atoms with Crippen LogP contribution in [0, 0.1) is 17.1 Å². The molecule has 5 nitrogen and oxygen atoms in total. The number of amides is 1. The summed E-state index contributed by atoms with van der Waals surface area (Å²) in [7, 11) is 0. The molecule has 3 rings (SSSR count). The number of rotatable bonds is 5. The third-order valence-electron chi connectivity index (χ3n) is 4.42. The number of carbonyl (C=O) groups is 1. The van der Waals surface area contributed by atoms with Crippen molar-refractivity contribution in [2.75, 3.05) is 31.6 Å². The number of nitrogens with one attached hydrogen (secondary N) is 1. The van der Waals surface area contributed by atoms with E-state index in [4.69, 9.17) is 21.6 Å². The molecule has 0 aliphatic carbocycles. The number of hydrogen-bond donors (Lipinski definition) is 1. The van der Waals surface area contributed by atoms with Crippen LogP contribution in [0.25, 0.3) is 0 Å². The highest BCUT2D eigenvalue weighted by Gasteiger charge is 2.22. The van der Waals surface area contributed by atoms with E-state index >= 15 is 0 Å². The molecule has 1 aliphatic heterocycles. The van der Waals surface area contributed by atoms with Crippen molar-refractivity contribution in [2.24, 2.45) is 0 Å². The van der Waals surface area contributed by atoms with Gasteiger partial charge in [-0.05, 0) is 35.9 Å². The molecule has 140 valence electrons. The van der Waals surface area contributed by atoms with Gasteiger partial charge < -0.3 is 10.1 Å². The maximum absolute atomic E-state index is 13.1. The SMILES string of the molecule is N#Cc1ccc(NC(=O)CCN2CCOC(c3ccc(F)cc3)C2)cc1Cl. The van der Waals surface area contributed by atoms with Gasteiger partial charge in [-0.3, -0.25) is 9.69 Å². The zero-order valence-corrected chi connectivity index (χ0v) is 15.4. The number of halogens is 2. The number of hydrogen-bond acceptors (Lipinski definition) is 4. The first-order valence-electron chi connectivity index (χ1n) is 8.64. The molecule has 7 heteroatoms. The summed E-state index contributed by atoms with van der Waals surface area (Å²) in [5.41, 5.74) is 1.86. The molecule has 1 heterocycles. The molecule has 1 saturated heterocycles. The Kier molecular flexibility index (Phi) is 6.40. The summed E-state index contributed by atoms with van der Waals surface area (Å²) in [6.45, 7) is 2.56. The van der Waals surface area contributed by atoms with Gasteiger partial charge in [0.05, 0.1) is 23.3 Å². The van der Waals surface area contributed by atoms with Crippen LogP contribution >= 0.6 is 11.6 Å². The lowest BCUT2D eigenvalue weighted by molar-refractivity contribution is -0.117. The van der Waals surface area contributed by atoms with Crippen LogP contribution in [0.5, 0.6) is 0 Å². The monoisotopic (exact) mass is 387 g/mol. The Morgan fingerprint density at radius 2 is 2.11 bits per heavy atom. The molecule has 0 bridgehead atoms. The van der Waals surface area contributed by atoms with Crippen LogP contribution in [-0.4, -0.2) is 37.0 Å². The van der Waals surface area contributed by atoms with Crippen LogP contribution in [0.4, 0.5) is 10.1 Å². The van der Waals surface area contributed by atoms with Crippen LogP contribution in [0.3, 0.4) is 0 Å². The summed E-state index contributed by atoms with van der Waals surface area (Å²) >= 11 is 5.98. The second-order valence-electron chi connectivity index (χ2n) is 6.32. The molecule has 27 heavy (non-hydrogen) atoms. The van der Waals surface area contributed by atoms with Crippen LogP contribution < -0.4 is 5.32 Å². The predicted octanol–water partition coefficient (Wildman–Crippen LogP) is 3.75. The van der Waals surface area contributed by atoms with E-state index in [-0.39, 0.29) is 17.8 Å². The average molecular weight is 388 g/mol. The van der Waals surface area contributed by atoms with E-state index in [1.165, 1.54) is 12.1 Å². The van der Waals surface area contributed by atoms with Crippen molar-refractivity contribution < 1.29 is 13.9 Å². The molecule has 1 amide bonds. The van der Waals surface area contributed by atoms with Crippen LogP contribution in [0.2, 0.25) is 5.02 Å². The Hall–Kier alpha value is -2.46. The minimum Gasteiger partial charge on any atom is -0.371 e. The molecular weight excluding hydrogens is 369 g/mol. The number of ether oxygens (including phenoxy) is 1. The first-order valence-corrected chi connectivity index (χ1v) is 9.02. The fourth-order valence-electron chi connectivity index (χ4n) is 2.95. The van der Waals surface area contributed by atoms with Crippen molar-refractivity contribution in [1.82, 2.24) is 4.90 Å². The Morgan fingerprint density at radius 1 is 1.33 bits per heavy atom. The third kappa shape index (κ3) is 5.27. The topological polar surface area (TPSA) is 65.4 Å². The van der Waals surface area contributed by atoms with Crippen molar-refractivity contribution in [3.05, 3.63) is 64.4 Å². The Labute approximate surface area is 162 Å². The molecule has 0 aromatic heterocycles. The zero-order valence-electron chi connectivity index (χ0n) is 14.6. The second kappa shape index (κ2) is 8.96. The molecule has 2 aromatic carbocycles. The van der Waals surface area contributed by atoms with Gasteiger partial charge in [0.1, 0.15) is 11.9 Å². The Bertz CT molecular complexity index is 851. The summed E-state index contributed by atoms with van der Waals surface area (Å²) in [5, 5.41) is 12.0. The van der Waals surface area contributed by atoms with Crippen LogP contribution in [0.15, 0.2) is 42.5 Å². The molecule has 1 atom stereocenters. The lowest BCUT2D eigenvalue weighted by Gasteiger charge is -2.33.